The van der Waals surface area contributed by atoms with Gasteiger partial charge in [0.05, 0.1) is 54.1 Å². The molecule has 1 N–H and O–H groups in total. The van der Waals surface area contributed by atoms with Crippen molar-refractivity contribution in [3.63, 3.8) is 0 Å². The molecule has 1 atom stereocenters. The first-order valence-corrected chi connectivity index (χ1v) is 16.3. The maximum Gasteiger partial charge on any atom is 0.410 e. The quantitative estimate of drug-likeness (QED) is 0.259. The molecule has 2 fully saturated rings. The van der Waals surface area contributed by atoms with E-state index in [2.05, 4.69) is 21.4 Å². The average molecular weight is 664 g/mol. The van der Waals surface area contributed by atoms with Crippen LogP contribution in [0.5, 0.6) is 0 Å². The van der Waals surface area contributed by atoms with Crippen molar-refractivity contribution < 1.29 is 27.8 Å². The molecule has 2 aliphatic heterocycles. The highest BCUT2D eigenvalue weighted by Crippen LogP contribution is 2.39. The van der Waals surface area contributed by atoms with Gasteiger partial charge in [0.2, 0.25) is 5.95 Å². The van der Waals surface area contributed by atoms with E-state index in [9.17, 15) is 9.59 Å². The molecule has 2 aromatic carbocycles. The molecule has 4 heterocycles. The maximum absolute atomic E-state index is 15.3. The third-order valence-electron chi connectivity index (χ3n) is 8.65. The van der Waals surface area contributed by atoms with Crippen molar-refractivity contribution in [1.29, 1.82) is 0 Å². The fourth-order valence-electron chi connectivity index (χ4n) is 6.31. The fraction of sp³-hybridized carbons (Fsp3) is 0.486. The number of carbonyl (C=O) groups is 2. The summed E-state index contributed by atoms with van der Waals surface area (Å²) in [5.41, 5.74) is 2.48. The molecule has 0 aliphatic carbocycles. The first-order chi connectivity index (χ1) is 22.6. The third kappa shape index (κ3) is 6.60. The highest BCUT2D eigenvalue weighted by Gasteiger charge is 2.33. The van der Waals surface area contributed by atoms with E-state index in [1.165, 1.54) is 6.07 Å². The number of likely N-dealkylation sites (tertiary alicyclic amines) is 1. The van der Waals surface area contributed by atoms with Gasteiger partial charge in [-0.3, -0.25) is 9.48 Å². The lowest BCUT2D eigenvalue weighted by Gasteiger charge is -2.30. The number of halogens is 2. The van der Waals surface area contributed by atoms with Crippen LogP contribution in [0.4, 0.5) is 25.0 Å². The van der Waals surface area contributed by atoms with E-state index >= 15 is 8.78 Å². The monoisotopic (exact) mass is 663 g/mol. The summed E-state index contributed by atoms with van der Waals surface area (Å²) < 4.78 is 44.8. The second kappa shape index (κ2) is 12.5. The molecule has 2 saturated heterocycles. The lowest BCUT2D eigenvalue weighted by Crippen LogP contribution is -2.37. The predicted octanol–water partition coefficient (Wildman–Crippen LogP) is 6.51. The van der Waals surface area contributed by atoms with Gasteiger partial charge in [0.1, 0.15) is 17.0 Å². The normalized spacial score (nSPS) is 17.3. The van der Waals surface area contributed by atoms with E-state index in [0.717, 1.165) is 39.5 Å². The van der Waals surface area contributed by atoms with Crippen molar-refractivity contribution in [2.75, 3.05) is 49.6 Å². The third-order valence-corrected chi connectivity index (χ3v) is 8.65. The van der Waals surface area contributed by atoms with Gasteiger partial charge in [-0.1, -0.05) is 0 Å². The van der Waals surface area contributed by atoms with Gasteiger partial charge in [-0.15, -0.1) is 0 Å². The summed E-state index contributed by atoms with van der Waals surface area (Å²) in [5.74, 6) is -2.22. The number of morpholine rings is 1. The Hall–Kier alpha value is -4.52. The first kappa shape index (κ1) is 33.4. The van der Waals surface area contributed by atoms with Gasteiger partial charge in [0.15, 0.2) is 0 Å². The van der Waals surface area contributed by atoms with Crippen LogP contribution in [-0.2, 0) is 15.0 Å². The van der Waals surface area contributed by atoms with Crippen molar-refractivity contribution in [2.24, 2.45) is 0 Å². The molecule has 0 radical (unpaired) electrons. The van der Waals surface area contributed by atoms with Crippen LogP contribution in [0.25, 0.3) is 22.0 Å². The van der Waals surface area contributed by atoms with Gasteiger partial charge in [0, 0.05) is 31.6 Å². The van der Waals surface area contributed by atoms with E-state index in [0.29, 0.717) is 50.5 Å². The minimum atomic E-state index is -0.792. The van der Waals surface area contributed by atoms with Crippen LogP contribution < -0.4 is 10.2 Å². The van der Waals surface area contributed by atoms with Crippen LogP contribution in [0.15, 0.2) is 36.7 Å². The Labute approximate surface area is 278 Å². The van der Waals surface area contributed by atoms with Gasteiger partial charge in [-0.05, 0) is 95.8 Å². The molecule has 6 rings (SSSR count). The number of amides is 2. The molecule has 1 unspecified atom stereocenters. The van der Waals surface area contributed by atoms with Gasteiger partial charge < -0.3 is 24.6 Å². The summed E-state index contributed by atoms with van der Waals surface area (Å²) in [7, 11) is 0. The number of nitrogens with one attached hydrogen (secondary N) is 1. The van der Waals surface area contributed by atoms with Crippen LogP contribution >= 0.6 is 0 Å². The van der Waals surface area contributed by atoms with E-state index in [1.807, 2.05) is 44.6 Å². The molecule has 0 saturated carbocycles. The molecule has 2 aliphatic rings. The minimum absolute atomic E-state index is 0.0435. The van der Waals surface area contributed by atoms with Gasteiger partial charge in [-0.2, -0.15) is 14.6 Å². The van der Waals surface area contributed by atoms with Crippen molar-refractivity contribution in [3.05, 3.63) is 59.6 Å². The number of hydrogen-bond acceptors (Lipinski definition) is 7. The summed E-state index contributed by atoms with van der Waals surface area (Å²) >= 11 is 0. The Morgan fingerprint density at radius 2 is 1.71 bits per heavy atom. The highest BCUT2D eigenvalue weighted by molar-refractivity contribution is 6.05. The number of hydrogen-bond donors (Lipinski definition) is 1. The molecule has 0 spiro atoms. The number of aromatic nitrogens is 4. The molecule has 48 heavy (non-hydrogen) atoms. The Bertz CT molecular complexity index is 1860. The molecule has 2 aromatic heterocycles. The number of anilines is 2. The molecular formula is C35H43F2N7O4. The van der Waals surface area contributed by atoms with Crippen molar-refractivity contribution in [2.45, 2.75) is 72.1 Å². The SMILES string of the molecule is Cc1cc(F)c(NC(=O)c2cnn(C(C)(C)C)c2F)cc1-c1cc(N2CCOCC2)c2c(cnn2C2CCN(C(=O)OC(C)(C)C)C2)c1. The molecule has 2 amide bonds. The zero-order chi connectivity index (χ0) is 34.5. The van der Waals surface area contributed by atoms with Crippen molar-refractivity contribution in [3.8, 4) is 11.1 Å². The van der Waals surface area contributed by atoms with E-state index in [1.54, 1.807) is 31.7 Å². The Kier molecular flexibility index (Phi) is 8.69. The Morgan fingerprint density at radius 1 is 0.979 bits per heavy atom. The Morgan fingerprint density at radius 3 is 2.38 bits per heavy atom. The average Bonchev–Trinajstić information content (AvgIpc) is 3.75. The van der Waals surface area contributed by atoms with Crippen molar-refractivity contribution in [1.82, 2.24) is 24.5 Å². The number of carbonyl (C=O) groups excluding carboxylic acids is 2. The summed E-state index contributed by atoms with van der Waals surface area (Å²) in [5, 5.41) is 12.3. The summed E-state index contributed by atoms with van der Waals surface area (Å²) in [4.78, 5) is 29.9. The van der Waals surface area contributed by atoms with Crippen LogP contribution in [-0.4, -0.2) is 81.5 Å². The highest BCUT2D eigenvalue weighted by atomic mass is 19.1. The summed E-state index contributed by atoms with van der Waals surface area (Å²) in [6.07, 6.45) is 3.36. The topological polar surface area (TPSA) is 107 Å². The van der Waals surface area contributed by atoms with E-state index < -0.39 is 28.8 Å². The predicted molar refractivity (Wildman–Crippen MR) is 179 cm³/mol. The lowest BCUT2D eigenvalue weighted by atomic mass is 9.97. The molecule has 4 aromatic rings. The molecular weight excluding hydrogens is 620 g/mol. The number of rotatable bonds is 5. The molecule has 11 nitrogen and oxygen atoms in total. The maximum atomic E-state index is 15.3. The van der Waals surface area contributed by atoms with Gasteiger partial charge in [-0.25, -0.2) is 13.9 Å². The standard InChI is InChI=1S/C35H43F2N7O4/c1-21-14-27(36)28(40-32(45)26-19-39-44(31(26)37)34(2,3)4)17-25(21)22-15-23-18-38-43(30(23)29(16-22)41-10-12-47-13-11-41)24-8-9-42(20-24)33(46)48-35(5,6)7/h14-19,24H,8-13,20H2,1-7H3,(H,40,45). The zero-order valence-electron chi connectivity index (χ0n) is 28.6. The number of aryl methyl sites for hydroxylation is 1. The number of benzene rings is 2. The Balaban J connectivity index is 1.36. The van der Waals surface area contributed by atoms with Crippen LogP contribution in [0.3, 0.4) is 0 Å². The summed E-state index contributed by atoms with van der Waals surface area (Å²) in [6, 6.07) is 6.97. The van der Waals surface area contributed by atoms with E-state index in [4.69, 9.17) is 14.6 Å². The van der Waals surface area contributed by atoms with Gasteiger partial charge >= 0.3 is 6.09 Å². The fourth-order valence-corrected chi connectivity index (χ4v) is 6.31. The zero-order valence-corrected chi connectivity index (χ0v) is 28.6. The van der Waals surface area contributed by atoms with Crippen molar-refractivity contribution >= 4 is 34.3 Å². The van der Waals surface area contributed by atoms with Gasteiger partial charge in [0.25, 0.3) is 5.91 Å². The van der Waals surface area contributed by atoms with E-state index in [-0.39, 0.29) is 23.4 Å². The second-order valence-electron chi connectivity index (χ2n) is 14.5. The number of fused-ring (bicyclic) bond motifs is 1. The number of ether oxygens (including phenoxy) is 2. The smallest absolute Gasteiger partial charge is 0.410 e. The molecule has 13 heteroatoms. The molecule has 0 bridgehead atoms. The largest absolute Gasteiger partial charge is 0.444 e. The van der Waals surface area contributed by atoms with Crippen LogP contribution in [0.1, 0.15) is 69.9 Å². The molecule has 256 valence electrons. The van der Waals surface area contributed by atoms with Crippen LogP contribution in [0, 0.1) is 18.7 Å². The minimum Gasteiger partial charge on any atom is -0.444 e. The lowest BCUT2D eigenvalue weighted by molar-refractivity contribution is 0.0288. The van der Waals surface area contributed by atoms with Crippen LogP contribution in [0.2, 0.25) is 0 Å². The first-order valence-electron chi connectivity index (χ1n) is 16.3. The second-order valence-corrected chi connectivity index (χ2v) is 14.5. The summed E-state index contributed by atoms with van der Waals surface area (Å²) in [6.45, 7) is 16.2. The number of nitrogens with zero attached hydrogens (tertiary/aromatic N) is 6.